The van der Waals surface area contributed by atoms with Crippen LogP contribution in [0.5, 0.6) is 5.75 Å². The van der Waals surface area contributed by atoms with E-state index in [0.29, 0.717) is 35.2 Å². The van der Waals surface area contributed by atoms with Crippen molar-refractivity contribution in [2.24, 2.45) is 0 Å². The van der Waals surface area contributed by atoms with Gasteiger partial charge in [0.1, 0.15) is 10.6 Å². The number of fused-ring (bicyclic) bond motifs is 1. The maximum Gasteiger partial charge on any atom is 0.265 e. The molecule has 1 N–H and O–H groups in total. The van der Waals surface area contributed by atoms with Gasteiger partial charge >= 0.3 is 0 Å². The number of nitrogens with zero attached hydrogens (tertiary/aromatic N) is 4. The highest BCUT2D eigenvalue weighted by atomic mass is 32.2. The van der Waals surface area contributed by atoms with Gasteiger partial charge in [-0.25, -0.2) is 8.42 Å². The minimum absolute atomic E-state index is 0.0851. The van der Waals surface area contributed by atoms with E-state index in [1.807, 2.05) is 42.6 Å². The second-order valence-electron chi connectivity index (χ2n) is 7.06. The van der Waals surface area contributed by atoms with Crippen LogP contribution < -0.4 is 9.46 Å². The molecule has 0 fully saturated rings. The molecule has 2 aromatic carbocycles. The summed E-state index contributed by atoms with van der Waals surface area (Å²) in [6, 6.07) is 21.2. The molecule has 0 unspecified atom stereocenters. The molecule has 3 heterocycles. The van der Waals surface area contributed by atoms with Crippen molar-refractivity contribution in [2.75, 3.05) is 11.3 Å². The summed E-state index contributed by atoms with van der Waals surface area (Å²) in [5.41, 5.74) is 2.46. The molecule has 0 saturated carbocycles. The lowest BCUT2D eigenvalue weighted by Crippen LogP contribution is -2.14. The quantitative estimate of drug-likeness (QED) is 0.364. The smallest absolute Gasteiger partial charge is 0.265 e. The molecular weight excluding hydrogens is 458 g/mol. The lowest BCUT2D eigenvalue weighted by Gasteiger charge is -2.13. The van der Waals surface area contributed by atoms with Crippen molar-refractivity contribution in [2.45, 2.75) is 11.8 Å². The highest BCUT2D eigenvalue weighted by Crippen LogP contribution is 2.28. The van der Waals surface area contributed by atoms with Crippen LogP contribution in [0.25, 0.3) is 27.6 Å². The summed E-state index contributed by atoms with van der Waals surface area (Å²) in [5, 5.41) is 15.1. The van der Waals surface area contributed by atoms with Crippen LogP contribution in [0.15, 0.2) is 83.1 Å². The first-order valence-corrected chi connectivity index (χ1v) is 12.5. The molecule has 0 aliphatic rings. The number of hydrogen-bond donors (Lipinski definition) is 1. The van der Waals surface area contributed by atoms with Crippen molar-refractivity contribution in [1.82, 2.24) is 19.8 Å². The van der Waals surface area contributed by atoms with Crippen LogP contribution in [0, 0.1) is 0 Å². The van der Waals surface area contributed by atoms with E-state index < -0.39 is 10.0 Å². The Labute approximate surface area is 194 Å². The number of hydrogen-bond acceptors (Lipinski definition) is 7. The van der Waals surface area contributed by atoms with Gasteiger partial charge in [-0.1, -0.05) is 30.3 Å². The molecule has 8 nitrogen and oxygen atoms in total. The molecule has 0 aliphatic carbocycles. The van der Waals surface area contributed by atoms with Crippen LogP contribution in [-0.4, -0.2) is 34.8 Å². The molecule has 0 saturated heterocycles. The summed E-state index contributed by atoms with van der Waals surface area (Å²) < 4.78 is 35.9. The fourth-order valence-electron chi connectivity index (χ4n) is 3.40. The second-order valence-corrected chi connectivity index (χ2v) is 9.65. The molecule has 0 atom stereocenters. The predicted molar refractivity (Wildman–Crippen MR) is 128 cm³/mol. The Balaban J connectivity index is 1.49. The van der Waals surface area contributed by atoms with Gasteiger partial charge in [-0.2, -0.15) is 9.61 Å². The third-order valence-corrected chi connectivity index (χ3v) is 7.14. The third-order valence-electron chi connectivity index (χ3n) is 4.85. The fourth-order valence-corrected chi connectivity index (χ4v) is 5.29. The highest BCUT2D eigenvalue weighted by molar-refractivity contribution is 7.92. The number of para-hydroxylation sites is 1. The maximum atomic E-state index is 13.0. The summed E-state index contributed by atoms with van der Waals surface area (Å²) in [7, 11) is -3.85. The zero-order valence-corrected chi connectivity index (χ0v) is 19.2. The largest absolute Gasteiger partial charge is 0.492 e. The molecule has 5 rings (SSSR count). The SMILES string of the molecule is CCOc1ccccc1S(=O)(=O)Nc1cccc(-c2ccc3nnc(-c4cccs4)n3n2)c1. The summed E-state index contributed by atoms with van der Waals surface area (Å²) in [5.74, 6) is 0.968. The average molecular weight is 478 g/mol. The predicted octanol–water partition coefficient (Wildman–Crippen LogP) is 4.72. The Bertz CT molecular complexity index is 1530. The molecule has 0 bridgehead atoms. The maximum absolute atomic E-state index is 13.0. The first-order valence-electron chi connectivity index (χ1n) is 10.2. The number of aromatic nitrogens is 4. The molecule has 3 aromatic heterocycles. The van der Waals surface area contributed by atoms with E-state index in [2.05, 4.69) is 14.9 Å². The van der Waals surface area contributed by atoms with Crippen LogP contribution >= 0.6 is 11.3 Å². The standard InChI is InChI=1S/C23H19N5O3S2/c1-2-31-19-9-3-4-11-21(19)33(29,30)27-17-8-5-7-16(15-17)18-12-13-22-24-25-23(28(22)26-18)20-10-6-14-32-20/h3-15,27H,2H2,1H3. The number of thiophene rings is 1. The van der Waals surface area contributed by atoms with Gasteiger partial charge in [0, 0.05) is 11.3 Å². The number of sulfonamides is 1. The van der Waals surface area contributed by atoms with Gasteiger partial charge in [0.05, 0.1) is 17.2 Å². The molecule has 0 radical (unpaired) electrons. The van der Waals surface area contributed by atoms with E-state index in [1.165, 1.54) is 6.07 Å². The zero-order chi connectivity index (χ0) is 22.8. The summed E-state index contributed by atoms with van der Waals surface area (Å²) in [6.07, 6.45) is 0. The molecule has 10 heteroatoms. The number of rotatable bonds is 7. The Hall–Kier alpha value is -3.76. The van der Waals surface area contributed by atoms with Gasteiger partial charge in [0.25, 0.3) is 10.0 Å². The number of nitrogens with one attached hydrogen (secondary N) is 1. The van der Waals surface area contributed by atoms with Crippen LogP contribution in [-0.2, 0) is 10.0 Å². The fraction of sp³-hybridized carbons (Fsp3) is 0.0870. The first-order chi connectivity index (χ1) is 16.0. The Morgan fingerprint density at radius 1 is 1.00 bits per heavy atom. The summed E-state index contributed by atoms with van der Waals surface area (Å²) >= 11 is 1.56. The number of anilines is 1. The van der Waals surface area contributed by atoms with Crippen molar-refractivity contribution in [3.63, 3.8) is 0 Å². The van der Waals surface area contributed by atoms with E-state index in [4.69, 9.17) is 9.84 Å². The van der Waals surface area contributed by atoms with Crippen LogP contribution in [0.4, 0.5) is 5.69 Å². The first kappa shape index (κ1) is 21.1. The minimum atomic E-state index is -3.85. The monoisotopic (exact) mass is 477 g/mol. The number of ether oxygens (including phenoxy) is 1. The molecule has 33 heavy (non-hydrogen) atoms. The lowest BCUT2D eigenvalue weighted by molar-refractivity contribution is 0.331. The van der Waals surface area contributed by atoms with Gasteiger partial charge in [-0.05, 0) is 54.8 Å². The molecule has 0 spiro atoms. The van der Waals surface area contributed by atoms with Gasteiger partial charge in [0.15, 0.2) is 11.5 Å². The lowest BCUT2D eigenvalue weighted by atomic mass is 10.1. The Morgan fingerprint density at radius 3 is 2.70 bits per heavy atom. The number of benzene rings is 2. The van der Waals surface area contributed by atoms with Crippen molar-refractivity contribution in [3.05, 3.63) is 78.2 Å². The van der Waals surface area contributed by atoms with Gasteiger partial charge in [0.2, 0.25) is 0 Å². The molecule has 5 aromatic rings. The van der Waals surface area contributed by atoms with E-state index in [-0.39, 0.29) is 4.90 Å². The molecule has 166 valence electrons. The van der Waals surface area contributed by atoms with Gasteiger partial charge < -0.3 is 4.74 Å². The third kappa shape index (κ3) is 4.18. The van der Waals surface area contributed by atoms with E-state index in [0.717, 1.165) is 10.4 Å². The van der Waals surface area contributed by atoms with Crippen molar-refractivity contribution >= 4 is 32.7 Å². The van der Waals surface area contributed by atoms with E-state index >= 15 is 0 Å². The van der Waals surface area contributed by atoms with Crippen molar-refractivity contribution in [1.29, 1.82) is 0 Å². The summed E-state index contributed by atoms with van der Waals surface area (Å²) in [6.45, 7) is 2.18. The van der Waals surface area contributed by atoms with E-state index in [1.54, 1.807) is 52.3 Å². The Kier molecular flexibility index (Phi) is 5.53. The van der Waals surface area contributed by atoms with Crippen LogP contribution in [0.3, 0.4) is 0 Å². The van der Waals surface area contributed by atoms with E-state index in [9.17, 15) is 8.42 Å². The van der Waals surface area contributed by atoms with Crippen molar-refractivity contribution < 1.29 is 13.2 Å². The van der Waals surface area contributed by atoms with Crippen molar-refractivity contribution in [3.8, 4) is 27.7 Å². The summed E-state index contributed by atoms with van der Waals surface area (Å²) in [4.78, 5) is 1.04. The molecular formula is C23H19N5O3S2. The van der Waals surface area contributed by atoms with Crippen LogP contribution in [0.1, 0.15) is 6.92 Å². The topological polar surface area (TPSA) is 98.5 Å². The molecule has 0 aliphatic heterocycles. The van der Waals surface area contributed by atoms with Crippen LogP contribution in [0.2, 0.25) is 0 Å². The highest BCUT2D eigenvalue weighted by Gasteiger charge is 2.20. The van der Waals surface area contributed by atoms with Gasteiger partial charge in [-0.3, -0.25) is 4.72 Å². The average Bonchev–Trinajstić information content (AvgIpc) is 3.49. The second kappa shape index (κ2) is 8.64. The minimum Gasteiger partial charge on any atom is -0.492 e. The normalized spacial score (nSPS) is 11.5. The van der Waals surface area contributed by atoms with Gasteiger partial charge in [-0.15, -0.1) is 21.5 Å². The zero-order valence-electron chi connectivity index (χ0n) is 17.5. The Morgan fingerprint density at radius 2 is 1.88 bits per heavy atom. The molecule has 0 amide bonds.